The van der Waals surface area contributed by atoms with Crippen LogP contribution in [0.1, 0.15) is 0 Å². The number of nitrogens with one attached hydrogen (secondary N) is 1. The maximum Gasteiger partial charge on any atom is 0.273 e. The van der Waals surface area contributed by atoms with Gasteiger partial charge in [0.25, 0.3) is 23.3 Å². The zero-order valence-electron chi connectivity index (χ0n) is 32.5. The van der Waals surface area contributed by atoms with Gasteiger partial charge in [0, 0.05) is 29.6 Å². The fourth-order valence-corrected chi connectivity index (χ4v) is 4.42. The number of benzene rings is 3. The van der Waals surface area contributed by atoms with Crippen LogP contribution in [0.2, 0.25) is 15.9 Å². The van der Waals surface area contributed by atoms with E-state index in [1.54, 1.807) is 54.6 Å². The molecule has 19 nitrogen and oxygen atoms in total. The summed E-state index contributed by atoms with van der Waals surface area (Å²) in [5.41, 5.74) is 6.72. The molecule has 3 aromatic heterocycles. The van der Waals surface area contributed by atoms with Crippen molar-refractivity contribution in [3.8, 4) is 52.1 Å². The molecule has 0 radical (unpaired) electrons. The number of hydrogen-bond donors (Lipinski definition) is 2. The Balaban J connectivity index is 0.000000236. The maximum absolute atomic E-state index is 11.3. The van der Waals surface area contributed by atoms with Gasteiger partial charge in [-0.2, -0.15) is 15.0 Å². The molecule has 0 aliphatic carbocycles. The van der Waals surface area contributed by atoms with Crippen molar-refractivity contribution < 1.29 is 42.9 Å². The molecule has 0 unspecified atom stereocenters. The smallest absolute Gasteiger partial charge is 0.273 e. The highest BCUT2D eigenvalue weighted by Gasteiger charge is 2.14. The summed E-state index contributed by atoms with van der Waals surface area (Å²) in [5, 5.41) is 12.9. The highest BCUT2D eigenvalue weighted by Crippen LogP contribution is 2.33. The maximum atomic E-state index is 11.3. The van der Waals surface area contributed by atoms with Crippen molar-refractivity contribution in [1.82, 2.24) is 29.9 Å². The van der Waals surface area contributed by atoms with Gasteiger partial charge < -0.3 is 39.5 Å². The number of amides is 1. The fraction of sp³-hybridized carbons (Fsp3) is 0.0769. The number of halogens is 4. The number of rotatable bonds is 13. The molecule has 0 bridgehead atoms. The number of nitrogens with zero attached hydrogens (tertiary/aromatic N) is 7. The molecular formula is C39H33Cl4N9O10. The number of anilines is 2. The molecule has 322 valence electrons. The van der Waals surface area contributed by atoms with Gasteiger partial charge in [-0.3, -0.25) is 19.7 Å². The van der Waals surface area contributed by atoms with Crippen LogP contribution in [0.15, 0.2) is 117 Å². The number of nitrogen functional groups attached to an aromatic ring is 1. The van der Waals surface area contributed by atoms with Crippen LogP contribution < -0.4 is 39.5 Å². The SMILES string of the molecule is C=CC(=O)Cl.C=CC(=O)Nc1cccc(Oc2nc(Cl)ncc2OC)c1.COc1cnc(Cl)nc1Oc1cccc(N)c1.COc1cnc(Cl)nc1Oc1cccc([N+](=O)[O-])c1. The van der Waals surface area contributed by atoms with Crippen LogP contribution in [-0.2, 0) is 9.59 Å². The molecule has 1 amide bonds. The Morgan fingerprint density at radius 3 is 1.47 bits per heavy atom. The van der Waals surface area contributed by atoms with Crippen LogP contribution in [0.3, 0.4) is 0 Å². The van der Waals surface area contributed by atoms with E-state index in [0.29, 0.717) is 34.4 Å². The molecular weight excluding hydrogens is 896 g/mol. The Morgan fingerprint density at radius 1 is 0.677 bits per heavy atom. The van der Waals surface area contributed by atoms with Crippen molar-refractivity contribution in [2.24, 2.45) is 0 Å². The Morgan fingerprint density at radius 2 is 1.08 bits per heavy atom. The van der Waals surface area contributed by atoms with E-state index in [-0.39, 0.29) is 56.6 Å². The van der Waals surface area contributed by atoms with E-state index in [4.69, 9.17) is 80.6 Å². The molecule has 0 fully saturated rings. The van der Waals surface area contributed by atoms with Gasteiger partial charge in [-0.25, -0.2) is 15.0 Å². The molecule has 0 saturated heterocycles. The summed E-state index contributed by atoms with van der Waals surface area (Å²) in [6, 6.07) is 19.5. The molecule has 6 rings (SSSR count). The summed E-state index contributed by atoms with van der Waals surface area (Å²) in [7, 11) is 4.39. The predicted molar refractivity (Wildman–Crippen MR) is 231 cm³/mol. The lowest BCUT2D eigenvalue weighted by atomic mass is 10.3. The molecule has 0 saturated carbocycles. The average molecular weight is 930 g/mol. The van der Waals surface area contributed by atoms with E-state index < -0.39 is 10.2 Å². The first-order valence-electron chi connectivity index (χ1n) is 16.9. The molecule has 0 aliphatic rings. The van der Waals surface area contributed by atoms with Gasteiger partial charge >= 0.3 is 0 Å². The van der Waals surface area contributed by atoms with Gasteiger partial charge in [0.1, 0.15) is 17.2 Å². The van der Waals surface area contributed by atoms with Crippen LogP contribution >= 0.6 is 46.4 Å². The Labute approximate surface area is 373 Å². The summed E-state index contributed by atoms with van der Waals surface area (Å²) in [5.74, 6) is 2.50. The zero-order chi connectivity index (χ0) is 45.6. The zero-order valence-corrected chi connectivity index (χ0v) is 35.6. The summed E-state index contributed by atoms with van der Waals surface area (Å²) in [4.78, 5) is 53.9. The molecule has 3 N–H and O–H groups in total. The van der Waals surface area contributed by atoms with Crippen LogP contribution in [0.25, 0.3) is 0 Å². The molecule has 62 heavy (non-hydrogen) atoms. The van der Waals surface area contributed by atoms with Crippen molar-refractivity contribution in [1.29, 1.82) is 0 Å². The van der Waals surface area contributed by atoms with Crippen molar-refractivity contribution >= 4 is 74.6 Å². The first-order chi connectivity index (χ1) is 29.7. The molecule has 0 aliphatic heterocycles. The van der Waals surface area contributed by atoms with Crippen LogP contribution in [-0.4, -0.2) is 67.3 Å². The third-order valence-electron chi connectivity index (χ3n) is 6.72. The van der Waals surface area contributed by atoms with Crippen molar-refractivity contribution in [2.75, 3.05) is 32.4 Å². The van der Waals surface area contributed by atoms with Crippen molar-refractivity contribution in [3.63, 3.8) is 0 Å². The number of allylic oxidation sites excluding steroid dienone is 1. The summed E-state index contributed by atoms with van der Waals surface area (Å²) in [6.07, 6.45) is 6.43. The number of nitrogens with two attached hydrogens (primary N) is 1. The number of nitro groups is 1. The van der Waals surface area contributed by atoms with Crippen LogP contribution in [0.5, 0.6) is 52.1 Å². The first-order valence-corrected chi connectivity index (χ1v) is 18.4. The number of non-ortho nitro benzene ring substituents is 1. The Kier molecular flexibility index (Phi) is 20.0. The lowest BCUT2D eigenvalue weighted by molar-refractivity contribution is -0.384. The van der Waals surface area contributed by atoms with Crippen molar-refractivity contribution in [3.05, 3.63) is 143 Å². The fourth-order valence-electron chi connectivity index (χ4n) is 4.05. The second-order valence-electron chi connectivity index (χ2n) is 10.9. The van der Waals surface area contributed by atoms with Gasteiger partial charge in [-0.05, 0) is 88.9 Å². The van der Waals surface area contributed by atoms with Gasteiger partial charge in [-0.1, -0.05) is 31.4 Å². The van der Waals surface area contributed by atoms with Gasteiger partial charge in [-0.15, -0.1) is 0 Å². The highest BCUT2D eigenvalue weighted by atomic mass is 35.5. The third kappa shape index (κ3) is 16.7. The monoisotopic (exact) mass is 927 g/mol. The largest absolute Gasteiger partial charge is 0.490 e. The molecule has 3 heterocycles. The van der Waals surface area contributed by atoms with Crippen LogP contribution in [0, 0.1) is 10.1 Å². The lowest BCUT2D eigenvalue weighted by Crippen LogP contribution is -2.07. The second-order valence-corrected chi connectivity index (χ2v) is 12.3. The van der Waals surface area contributed by atoms with Gasteiger partial charge in [0.2, 0.25) is 27.0 Å². The number of hydrogen-bond acceptors (Lipinski definition) is 17. The van der Waals surface area contributed by atoms with E-state index in [2.05, 4.69) is 48.4 Å². The van der Waals surface area contributed by atoms with Crippen molar-refractivity contribution in [2.45, 2.75) is 0 Å². The van der Waals surface area contributed by atoms with E-state index >= 15 is 0 Å². The lowest BCUT2D eigenvalue weighted by Gasteiger charge is -2.10. The molecule has 0 atom stereocenters. The molecule has 23 heteroatoms. The van der Waals surface area contributed by atoms with Gasteiger partial charge in [0.15, 0.2) is 17.2 Å². The Bertz CT molecular complexity index is 2500. The van der Waals surface area contributed by atoms with E-state index in [0.717, 1.165) is 6.08 Å². The number of nitro benzene ring substituents is 1. The molecule has 0 spiro atoms. The summed E-state index contributed by atoms with van der Waals surface area (Å²) < 4.78 is 31.7. The van der Waals surface area contributed by atoms with E-state index in [1.165, 1.54) is 64.2 Å². The molecule has 6 aromatic rings. The quantitative estimate of drug-likeness (QED) is 0.0273. The normalized spacial score (nSPS) is 9.66. The number of ether oxygens (including phenoxy) is 6. The van der Waals surface area contributed by atoms with Gasteiger partial charge in [0.05, 0.1) is 50.9 Å². The minimum atomic E-state index is -0.517. The number of carbonyl (C=O) groups is 2. The summed E-state index contributed by atoms with van der Waals surface area (Å²) >= 11 is 21.8. The summed E-state index contributed by atoms with van der Waals surface area (Å²) in [6.45, 7) is 6.47. The van der Waals surface area contributed by atoms with Crippen LogP contribution in [0.4, 0.5) is 17.1 Å². The number of carbonyl (C=O) groups excluding carboxylic acids is 2. The highest BCUT2D eigenvalue weighted by molar-refractivity contribution is 6.66. The minimum Gasteiger partial charge on any atom is -0.490 e. The number of methoxy groups -OCH3 is 3. The predicted octanol–water partition coefficient (Wildman–Crippen LogP) is 9.35. The number of aromatic nitrogens is 6. The second kappa shape index (κ2) is 25.3. The third-order valence-corrected chi connectivity index (χ3v) is 7.42. The average Bonchev–Trinajstić information content (AvgIpc) is 3.25. The topological polar surface area (TPSA) is 248 Å². The molecule has 3 aromatic carbocycles. The standard InChI is InChI=1S/C14H12ClN3O3.C11H8ClN3O4.C11H10ClN3O2.C3H3ClO/c1-3-12(19)17-9-5-4-6-10(7-9)21-13-11(20-2)8-16-14(15)18-13;1-18-9-6-13-11(12)14-10(9)19-8-4-2-3-7(5-8)15(16)17;1-16-9-6-14-11(12)15-10(9)17-8-4-2-3-7(13)5-8;1-2-3(4)5/h3-8H,1H2,2H3,(H,17,19);2-6H,1H3;2-6H,13H2,1H3;2H,1H2. The van der Waals surface area contributed by atoms with E-state index in [1.807, 2.05) is 0 Å². The Hall–Kier alpha value is -7.32. The van der Waals surface area contributed by atoms with E-state index in [9.17, 15) is 19.7 Å². The first kappa shape index (κ1) is 49.0. The minimum absolute atomic E-state index is 0.0127.